The van der Waals surface area contributed by atoms with E-state index in [9.17, 15) is 4.79 Å². The van der Waals surface area contributed by atoms with Gasteiger partial charge in [0.2, 0.25) is 0 Å². The van der Waals surface area contributed by atoms with Crippen LogP contribution in [-0.2, 0) is 14.2 Å². The van der Waals surface area contributed by atoms with Gasteiger partial charge in [-0.25, -0.2) is 0 Å². The van der Waals surface area contributed by atoms with Gasteiger partial charge in [-0.2, -0.15) is 0 Å². The third-order valence-electron chi connectivity index (χ3n) is 5.54. The molecular weight excluding hydrogens is 420 g/mol. The monoisotopic (exact) mass is 448 g/mol. The lowest BCUT2D eigenvalue weighted by Gasteiger charge is -2.43. The average Bonchev–Trinajstić information content (AvgIpc) is 2.86. The molecule has 6 heteroatoms. The summed E-state index contributed by atoms with van der Waals surface area (Å²) in [5, 5.41) is 0. The number of ether oxygens (including phenoxy) is 5. The van der Waals surface area contributed by atoms with Crippen LogP contribution in [0.15, 0.2) is 84.9 Å². The van der Waals surface area contributed by atoms with Crippen molar-refractivity contribution < 1.29 is 28.5 Å². The Balaban J connectivity index is 1.31. The standard InChI is InChI=1S/C27H28O6/c1-19(25(28)21-11-5-3-6-12-21)29-17-31-24-16-10-9-15-23(24)27-26(20(2)33-27)32-18-30-22-13-7-4-8-14-22/h3-16,19-20,26-27H,17-18H2,1-2H3. The van der Waals surface area contributed by atoms with Crippen LogP contribution >= 0.6 is 0 Å². The second kappa shape index (κ2) is 11.1. The SMILES string of the molecule is CC(OCOc1ccccc1C1OC(C)C1OCOc1ccccc1)C(=O)c1ccccc1. The molecule has 1 aliphatic heterocycles. The first-order valence-corrected chi connectivity index (χ1v) is 11.0. The molecule has 1 heterocycles. The Morgan fingerprint density at radius 3 is 2.27 bits per heavy atom. The molecule has 0 bridgehead atoms. The van der Waals surface area contributed by atoms with Crippen molar-refractivity contribution >= 4 is 5.78 Å². The molecule has 1 aliphatic rings. The minimum atomic E-state index is -0.620. The zero-order valence-corrected chi connectivity index (χ0v) is 18.8. The van der Waals surface area contributed by atoms with Crippen molar-refractivity contribution in [2.24, 2.45) is 0 Å². The lowest BCUT2D eigenvalue weighted by Crippen LogP contribution is -2.48. The largest absolute Gasteiger partial charge is 0.468 e. The van der Waals surface area contributed by atoms with E-state index in [1.54, 1.807) is 19.1 Å². The van der Waals surface area contributed by atoms with Gasteiger partial charge in [0, 0.05) is 11.1 Å². The van der Waals surface area contributed by atoms with Gasteiger partial charge in [-0.05, 0) is 32.0 Å². The average molecular weight is 449 g/mol. The summed E-state index contributed by atoms with van der Waals surface area (Å²) >= 11 is 0. The maximum absolute atomic E-state index is 12.5. The fourth-order valence-electron chi connectivity index (χ4n) is 3.67. The quantitative estimate of drug-likeness (QED) is 0.297. The summed E-state index contributed by atoms with van der Waals surface area (Å²) in [5.41, 5.74) is 1.48. The number of carbonyl (C=O) groups excluding carboxylic acids is 1. The Kier molecular flexibility index (Phi) is 7.73. The summed E-state index contributed by atoms with van der Waals surface area (Å²) < 4.78 is 29.1. The molecule has 1 fully saturated rings. The molecule has 1 saturated heterocycles. The minimum absolute atomic E-state index is 0.0539. The highest BCUT2D eigenvalue weighted by atomic mass is 16.7. The van der Waals surface area contributed by atoms with Crippen molar-refractivity contribution in [2.75, 3.05) is 13.6 Å². The molecule has 33 heavy (non-hydrogen) atoms. The van der Waals surface area contributed by atoms with Gasteiger partial charge >= 0.3 is 0 Å². The van der Waals surface area contributed by atoms with Crippen LogP contribution in [0.3, 0.4) is 0 Å². The van der Waals surface area contributed by atoms with Crippen LogP contribution < -0.4 is 9.47 Å². The molecule has 0 spiro atoms. The smallest absolute Gasteiger partial charge is 0.191 e. The topological polar surface area (TPSA) is 63.2 Å². The van der Waals surface area contributed by atoms with Crippen molar-refractivity contribution in [2.45, 2.75) is 38.3 Å². The Morgan fingerprint density at radius 1 is 0.879 bits per heavy atom. The second-order valence-corrected chi connectivity index (χ2v) is 7.81. The summed E-state index contributed by atoms with van der Waals surface area (Å²) in [6.45, 7) is 3.76. The van der Waals surface area contributed by atoms with Crippen LogP contribution in [-0.4, -0.2) is 37.7 Å². The van der Waals surface area contributed by atoms with Gasteiger partial charge in [0.15, 0.2) is 19.4 Å². The van der Waals surface area contributed by atoms with Gasteiger partial charge in [0.25, 0.3) is 0 Å². The predicted molar refractivity (Wildman–Crippen MR) is 123 cm³/mol. The van der Waals surface area contributed by atoms with E-state index in [-0.39, 0.29) is 37.7 Å². The Hall–Kier alpha value is -3.19. The van der Waals surface area contributed by atoms with Gasteiger partial charge < -0.3 is 23.7 Å². The van der Waals surface area contributed by atoms with Gasteiger partial charge in [-0.15, -0.1) is 0 Å². The van der Waals surface area contributed by atoms with Crippen LogP contribution in [0.2, 0.25) is 0 Å². The molecule has 3 aromatic carbocycles. The van der Waals surface area contributed by atoms with Crippen molar-refractivity contribution in [3.63, 3.8) is 0 Å². The number of ketones is 1. The van der Waals surface area contributed by atoms with Gasteiger partial charge in [0.1, 0.15) is 29.8 Å². The van der Waals surface area contributed by atoms with Crippen molar-refractivity contribution in [1.82, 2.24) is 0 Å². The molecule has 0 amide bonds. The minimum Gasteiger partial charge on any atom is -0.468 e. The highest BCUT2D eigenvalue weighted by Crippen LogP contribution is 2.41. The first-order chi connectivity index (χ1) is 16.1. The normalized spacial score (nSPS) is 20.5. The molecular formula is C27H28O6. The van der Waals surface area contributed by atoms with Crippen LogP contribution in [0.1, 0.15) is 35.9 Å². The number of rotatable bonds is 11. The molecule has 172 valence electrons. The fourth-order valence-corrected chi connectivity index (χ4v) is 3.67. The molecule has 4 atom stereocenters. The van der Waals surface area contributed by atoms with Crippen molar-refractivity contribution in [1.29, 1.82) is 0 Å². The van der Waals surface area contributed by atoms with Gasteiger partial charge in [-0.1, -0.05) is 66.7 Å². The van der Waals surface area contributed by atoms with Crippen molar-refractivity contribution in [3.8, 4) is 11.5 Å². The van der Waals surface area contributed by atoms with Crippen LogP contribution in [0, 0.1) is 0 Å². The zero-order valence-electron chi connectivity index (χ0n) is 18.8. The molecule has 6 nitrogen and oxygen atoms in total. The highest BCUT2D eigenvalue weighted by molar-refractivity contribution is 5.99. The first-order valence-electron chi connectivity index (χ1n) is 11.0. The third kappa shape index (κ3) is 5.79. The number of benzene rings is 3. The fraction of sp³-hybridized carbons (Fsp3) is 0.296. The zero-order chi connectivity index (χ0) is 23.0. The molecule has 0 saturated carbocycles. The summed E-state index contributed by atoms with van der Waals surface area (Å²) in [4.78, 5) is 12.5. The number of Topliss-reactive ketones (excluding diaryl/α,β-unsaturated/α-hetero) is 1. The van der Waals surface area contributed by atoms with E-state index in [0.29, 0.717) is 11.3 Å². The third-order valence-corrected chi connectivity index (χ3v) is 5.54. The maximum atomic E-state index is 12.5. The summed E-state index contributed by atoms with van der Waals surface area (Å²) in [7, 11) is 0. The summed E-state index contributed by atoms with van der Waals surface area (Å²) in [6, 6.07) is 26.2. The number of hydrogen-bond donors (Lipinski definition) is 0. The van der Waals surface area contributed by atoms with E-state index in [1.165, 1.54) is 0 Å². The van der Waals surface area contributed by atoms with Crippen molar-refractivity contribution in [3.05, 3.63) is 96.1 Å². The Bertz CT molecular complexity index is 1020. The van der Waals surface area contributed by atoms with E-state index < -0.39 is 6.10 Å². The highest BCUT2D eigenvalue weighted by Gasteiger charge is 2.43. The Morgan fingerprint density at radius 2 is 1.55 bits per heavy atom. The summed E-state index contributed by atoms with van der Waals surface area (Å²) in [5.74, 6) is 1.30. The lowest BCUT2D eigenvalue weighted by atomic mass is 9.94. The lowest BCUT2D eigenvalue weighted by molar-refractivity contribution is -0.253. The number of hydrogen-bond acceptors (Lipinski definition) is 6. The van der Waals surface area contributed by atoms with Gasteiger partial charge in [0.05, 0.1) is 6.10 Å². The molecule has 0 aromatic heterocycles. The number of carbonyl (C=O) groups is 1. The maximum Gasteiger partial charge on any atom is 0.191 e. The molecule has 0 aliphatic carbocycles. The van der Waals surface area contributed by atoms with E-state index in [1.807, 2.05) is 79.7 Å². The molecule has 0 radical (unpaired) electrons. The number of para-hydroxylation sites is 2. The molecule has 3 aromatic rings. The van der Waals surface area contributed by atoms with E-state index in [2.05, 4.69) is 0 Å². The predicted octanol–water partition coefficient (Wildman–Crippen LogP) is 5.19. The van der Waals surface area contributed by atoms with E-state index in [4.69, 9.17) is 23.7 Å². The molecule has 4 unspecified atom stereocenters. The van der Waals surface area contributed by atoms with Crippen LogP contribution in [0.25, 0.3) is 0 Å². The van der Waals surface area contributed by atoms with Crippen LogP contribution in [0.4, 0.5) is 0 Å². The first kappa shape index (κ1) is 23.0. The van der Waals surface area contributed by atoms with E-state index >= 15 is 0 Å². The Labute approximate surface area is 194 Å². The molecule has 0 N–H and O–H groups in total. The summed E-state index contributed by atoms with van der Waals surface area (Å²) in [6.07, 6.45) is -1.13. The molecule has 4 rings (SSSR count). The van der Waals surface area contributed by atoms with Crippen LogP contribution in [0.5, 0.6) is 11.5 Å². The van der Waals surface area contributed by atoms with Gasteiger partial charge in [-0.3, -0.25) is 4.79 Å². The van der Waals surface area contributed by atoms with E-state index in [0.717, 1.165) is 11.3 Å². The second-order valence-electron chi connectivity index (χ2n) is 7.81.